The van der Waals surface area contributed by atoms with Crippen LogP contribution in [-0.2, 0) is 6.42 Å². The van der Waals surface area contributed by atoms with E-state index in [1.54, 1.807) is 12.4 Å². The summed E-state index contributed by atoms with van der Waals surface area (Å²) in [5.74, 6) is 5.88. The molecule has 3 rings (SSSR count). The second kappa shape index (κ2) is 11.8. The number of pyridine rings is 1. The molecule has 1 aromatic heterocycles. The molecule has 0 bridgehead atoms. The summed E-state index contributed by atoms with van der Waals surface area (Å²) in [6.07, 6.45) is 11.2. The molecule has 4 nitrogen and oxygen atoms in total. The van der Waals surface area contributed by atoms with Crippen LogP contribution in [0, 0.1) is 0 Å². The minimum absolute atomic E-state index is 0.00525. The van der Waals surface area contributed by atoms with Crippen molar-refractivity contribution in [3.8, 4) is 0 Å². The molecule has 0 radical (unpaired) electrons. The van der Waals surface area contributed by atoms with Gasteiger partial charge in [-0.25, -0.2) is 0 Å². The summed E-state index contributed by atoms with van der Waals surface area (Å²) in [5, 5.41) is 0.910. The Hall–Kier alpha value is -1.98. The third-order valence-corrected chi connectivity index (χ3v) is 5.14. The highest BCUT2D eigenvalue weighted by atomic mass is 35.5. The number of rotatable bonds is 7. The van der Waals surface area contributed by atoms with Gasteiger partial charge in [0.1, 0.15) is 0 Å². The summed E-state index contributed by atoms with van der Waals surface area (Å²) in [4.78, 5) is 4.08. The minimum atomic E-state index is -0.0731. The van der Waals surface area contributed by atoms with Crippen LogP contribution in [0.5, 0.6) is 0 Å². The molecule has 1 aliphatic carbocycles. The maximum atomic E-state index is 6.57. The predicted octanol–water partition coefficient (Wildman–Crippen LogP) is 5.09. The Kier molecular flexibility index (Phi) is 9.38. The summed E-state index contributed by atoms with van der Waals surface area (Å²) < 4.78 is 0. The SMILES string of the molecule is CC.NNC(Cc1ccncc1)c1ccccc1C(N)CC1=CC=C(Cl)CC1. The molecule has 0 aliphatic heterocycles. The molecule has 1 aliphatic rings. The van der Waals surface area contributed by atoms with Crippen molar-refractivity contribution >= 4 is 11.6 Å². The van der Waals surface area contributed by atoms with Crippen molar-refractivity contribution in [2.45, 2.75) is 51.6 Å². The van der Waals surface area contributed by atoms with E-state index in [0.717, 1.165) is 41.8 Å². The summed E-state index contributed by atoms with van der Waals surface area (Å²) >= 11 is 6.06. The van der Waals surface area contributed by atoms with Crippen LogP contribution in [0.25, 0.3) is 0 Å². The minimum Gasteiger partial charge on any atom is -0.324 e. The number of benzene rings is 1. The number of aromatic nitrogens is 1. The third-order valence-electron chi connectivity index (χ3n) is 4.83. The molecule has 2 aromatic rings. The van der Waals surface area contributed by atoms with Gasteiger partial charge in [-0.1, -0.05) is 61.4 Å². The summed E-state index contributed by atoms with van der Waals surface area (Å²) in [6.45, 7) is 4.00. The number of hydrogen-bond acceptors (Lipinski definition) is 4. The van der Waals surface area contributed by atoms with Crippen LogP contribution < -0.4 is 17.0 Å². The van der Waals surface area contributed by atoms with Gasteiger partial charge in [0.2, 0.25) is 0 Å². The normalized spacial score (nSPS) is 15.6. The highest BCUT2D eigenvalue weighted by Crippen LogP contribution is 2.31. The van der Waals surface area contributed by atoms with E-state index in [4.69, 9.17) is 23.2 Å². The predicted molar refractivity (Wildman–Crippen MR) is 119 cm³/mol. The highest BCUT2D eigenvalue weighted by Gasteiger charge is 2.19. The zero-order valence-electron chi connectivity index (χ0n) is 16.7. The largest absolute Gasteiger partial charge is 0.324 e. The van der Waals surface area contributed by atoms with Crippen molar-refractivity contribution < 1.29 is 0 Å². The number of nitrogens with two attached hydrogens (primary N) is 2. The van der Waals surface area contributed by atoms with Crippen LogP contribution in [0.3, 0.4) is 0 Å². The smallest absolute Gasteiger partial charge is 0.0503 e. The van der Waals surface area contributed by atoms with Gasteiger partial charge in [-0.15, -0.1) is 0 Å². The zero-order chi connectivity index (χ0) is 20.4. The lowest BCUT2D eigenvalue weighted by Crippen LogP contribution is -2.31. The third kappa shape index (κ3) is 6.28. The average molecular weight is 399 g/mol. The van der Waals surface area contributed by atoms with E-state index in [2.05, 4.69) is 28.6 Å². The topological polar surface area (TPSA) is 77.0 Å². The van der Waals surface area contributed by atoms with E-state index >= 15 is 0 Å². The fourth-order valence-electron chi connectivity index (χ4n) is 3.40. The second-order valence-corrected chi connectivity index (χ2v) is 7.14. The van der Waals surface area contributed by atoms with Gasteiger partial charge in [0, 0.05) is 23.5 Å². The maximum absolute atomic E-state index is 6.57. The Morgan fingerprint density at radius 2 is 1.68 bits per heavy atom. The fraction of sp³-hybridized carbons (Fsp3) is 0.348. The van der Waals surface area contributed by atoms with Gasteiger partial charge in [0.15, 0.2) is 0 Å². The first-order valence-corrected chi connectivity index (χ1v) is 10.3. The van der Waals surface area contributed by atoms with Gasteiger partial charge in [-0.3, -0.25) is 16.3 Å². The molecule has 5 N–H and O–H groups in total. The molecule has 0 spiro atoms. The standard InChI is InChI=1S/C21H25ClN4.C2H6/c22-17-7-5-15(6-8-17)13-20(23)18-3-1-2-4-19(18)21(26-24)14-16-9-11-25-12-10-16;1-2/h1-5,7,9-12,20-21,26H,6,8,13-14,23-24H2;1-2H3. The molecule has 1 heterocycles. The van der Waals surface area contributed by atoms with Gasteiger partial charge in [-0.05, 0) is 60.6 Å². The van der Waals surface area contributed by atoms with Crippen molar-refractivity contribution in [2.75, 3.05) is 0 Å². The Morgan fingerprint density at radius 3 is 2.29 bits per heavy atom. The number of hydrazine groups is 1. The number of halogens is 1. The lowest BCUT2D eigenvalue weighted by molar-refractivity contribution is 0.539. The monoisotopic (exact) mass is 398 g/mol. The molecular weight excluding hydrogens is 368 g/mol. The van der Waals surface area contributed by atoms with Crippen molar-refractivity contribution in [1.29, 1.82) is 0 Å². The molecule has 5 heteroatoms. The molecule has 28 heavy (non-hydrogen) atoms. The molecule has 1 aromatic carbocycles. The van der Waals surface area contributed by atoms with Crippen LogP contribution in [0.2, 0.25) is 0 Å². The average Bonchev–Trinajstić information content (AvgIpc) is 2.76. The second-order valence-electron chi connectivity index (χ2n) is 6.66. The number of allylic oxidation sites excluding steroid dienone is 3. The summed E-state index contributed by atoms with van der Waals surface area (Å²) in [7, 11) is 0. The first-order chi connectivity index (χ1) is 13.7. The van der Waals surface area contributed by atoms with Crippen LogP contribution in [-0.4, -0.2) is 4.98 Å². The molecule has 2 unspecified atom stereocenters. The quantitative estimate of drug-likeness (QED) is 0.448. The van der Waals surface area contributed by atoms with Crippen molar-refractivity contribution in [3.63, 3.8) is 0 Å². The fourth-order valence-corrected chi connectivity index (χ4v) is 3.55. The Balaban J connectivity index is 0.00000136. The van der Waals surface area contributed by atoms with Gasteiger partial charge >= 0.3 is 0 Å². The van der Waals surface area contributed by atoms with Crippen LogP contribution in [0.4, 0.5) is 0 Å². The van der Waals surface area contributed by atoms with Gasteiger partial charge in [0.25, 0.3) is 0 Å². The van der Waals surface area contributed by atoms with E-state index in [1.807, 2.05) is 44.2 Å². The van der Waals surface area contributed by atoms with Crippen LogP contribution in [0.1, 0.15) is 61.9 Å². The number of nitrogens with one attached hydrogen (secondary N) is 1. The number of nitrogens with zero attached hydrogens (tertiary/aromatic N) is 1. The van der Waals surface area contributed by atoms with Crippen LogP contribution >= 0.6 is 11.6 Å². The van der Waals surface area contributed by atoms with E-state index < -0.39 is 0 Å². The first-order valence-electron chi connectivity index (χ1n) is 9.91. The highest BCUT2D eigenvalue weighted by molar-refractivity contribution is 6.29. The van der Waals surface area contributed by atoms with E-state index in [1.165, 1.54) is 11.1 Å². The van der Waals surface area contributed by atoms with E-state index in [-0.39, 0.29) is 12.1 Å². The number of hydrogen-bond donors (Lipinski definition) is 3. The van der Waals surface area contributed by atoms with Gasteiger partial charge in [0.05, 0.1) is 6.04 Å². The lowest BCUT2D eigenvalue weighted by Gasteiger charge is -2.24. The van der Waals surface area contributed by atoms with Gasteiger partial charge in [-0.2, -0.15) is 0 Å². The molecule has 0 amide bonds. The summed E-state index contributed by atoms with van der Waals surface area (Å²) in [6, 6.07) is 12.2. The lowest BCUT2D eigenvalue weighted by atomic mass is 9.88. The Morgan fingerprint density at radius 1 is 1.00 bits per heavy atom. The van der Waals surface area contributed by atoms with Gasteiger partial charge < -0.3 is 5.73 Å². The molecular formula is C23H31ClN4. The zero-order valence-corrected chi connectivity index (χ0v) is 17.5. The van der Waals surface area contributed by atoms with Crippen LogP contribution in [0.15, 0.2) is 71.5 Å². The van der Waals surface area contributed by atoms with E-state index in [9.17, 15) is 0 Å². The van der Waals surface area contributed by atoms with Crippen molar-refractivity contribution in [2.24, 2.45) is 11.6 Å². The Bertz CT molecular complexity index is 786. The van der Waals surface area contributed by atoms with Crippen molar-refractivity contribution in [1.82, 2.24) is 10.4 Å². The van der Waals surface area contributed by atoms with E-state index in [0.29, 0.717) is 0 Å². The molecule has 0 fully saturated rings. The molecule has 150 valence electrons. The maximum Gasteiger partial charge on any atom is 0.0503 e. The molecule has 2 atom stereocenters. The molecule has 0 saturated carbocycles. The van der Waals surface area contributed by atoms with Crippen molar-refractivity contribution in [3.05, 3.63) is 88.2 Å². The summed E-state index contributed by atoms with van der Waals surface area (Å²) in [5.41, 5.74) is 14.3. The molecule has 0 saturated heterocycles. The Labute approximate surface area is 173 Å². The first kappa shape index (κ1) is 22.3.